The quantitative estimate of drug-likeness (QED) is 0.779. The van der Waals surface area contributed by atoms with Crippen LogP contribution in [0, 0.1) is 0 Å². The summed E-state index contributed by atoms with van der Waals surface area (Å²) in [5, 5.41) is 10.1. The van der Waals surface area contributed by atoms with E-state index in [0.29, 0.717) is 6.61 Å². The lowest BCUT2D eigenvalue weighted by Gasteiger charge is -2.22. The fourth-order valence-electron chi connectivity index (χ4n) is 1.57. The first kappa shape index (κ1) is 12.2. The lowest BCUT2D eigenvalue weighted by atomic mass is 10.0. The van der Waals surface area contributed by atoms with Crippen LogP contribution in [0.4, 0.5) is 0 Å². The Balaban J connectivity index is 2.60. The van der Waals surface area contributed by atoms with E-state index in [1.165, 1.54) is 0 Å². The monoisotopic (exact) mass is 208 g/mol. The maximum Gasteiger partial charge on any atom is 0.105 e. The van der Waals surface area contributed by atoms with Crippen LogP contribution in [0.1, 0.15) is 38.4 Å². The molecule has 2 unspecified atom stereocenters. The molecule has 0 spiro atoms. The van der Waals surface area contributed by atoms with Gasteiger partial charge < -0.3 is 9.84 Å². The van der Waals surface area contributed by atoms with Gasteiger partial charge >= 0.3 is 0 Å². The molecular weight excluding hydrogens is 188 g/mol. The highest BCUT2D eigenvalue weighted by Gasteiger charge is 2.18. The van der Waals surface area contributed by atoms with Gasteiger partial charge in [0.05, 0.1) is 6.10 Å². The Kier molecular flexibility index (Phi) is 5.37. The van der Waals surface area contributed by atoms with E-state index in [4.69, 9.17) is 4.74 Å². The molecule has 0 aliphatic carbocycles. The molecule has 15 heavy (non-hydrogen) atoms. The fourth-order valence-corrected chi connectivity index (χ4v) is 1.57. The number of benzene rings is 1. The summed E-state index contributed by atoms with van der Waals surface area (Å²) in [6, 6.07) is 9.69. The highest BCUT2D eigenvalue weighted by Crippen LogP contribution is 2.21. The van der Waals surface area contributed by atoms with Gasteiger partial charge in [-0.2, -0.15) is 0 Å². The summed E-state index contributed by atoms with van der Waals surface area (Å²) in [5.41, 5.74) is 0.931. The Morgan fingerprint density at radius 3 is 2.40 bits per heavy atom. The second-order valence-corrected chi connectivity index (χ2v) is 3.67. The van der Waals surface area contributed by atoms with Crippen LogP contribution in [-0.4, -0.2) is 17.8 Å². The summed E-state index contributed by atoms with van der Waals surface area (Å²) in [5.74, 6) is 0. The van der Waals surface area contributed by atoms with Crippen LogP contribution in [0.15, 0.2) is 30.3 Å². The largest absolute Gasteiger partial charge is 0.386 e. The van der Waals surface area contributed by atoms with Crippen LogP contribution in [0.5, 0.6) is 0 Å². The Labute approximate surface area is 91.9 Å². The van der Waals surface area contributed by atoms with Crippen LogP contribution in [0.3, 0.4) is 0 Å². The first-order valence-electron chi connectivity index (χ1n) is 5.64. The molecule has 0 bridgehead atoms. The lowest BCUT2D eigenvalue weighted by Crippen LogP contribution is -2.21. The third-order valence-electron chi connectivity index (χ3n) is 2.43. The topological polar surface area (TPSA) is 29.5 Å². The molecule has 1 aromatic rings. The van der Waals surface area contributed by atoms with Gasteiger partial charge in [0, 0.05) is 6.61 Å². The number of hydrogen-bond donors (Lipinski definition) is 1. The molecule has 0 radical (unpaired) electrons. The van der Waals surface area contributed by atoms with Crippen molar-refractivity contribution in [2.45, 2.75) is 38.9 Å². The highest BCUT2D eigenvalue weighted by atomic mass is 16.5. The zero-order valence-corrected chi connectivity index (χ0v) is 9.52. The van der Waals surface area contributed by atoms with Crippen molar-refractivity contribution < 1.29 is 9.84 Å². The second-order valence-electron chi connectivity index (χ2n) is 3.67. The van der Waals surface area contributed by atoms with Crippen molar-refractivity contribution in [1.82, 2.24) is 0 Å². The minimum atomic E-state index is -0.511. The summed E-state index contributed by atoms with van der Waals surface area (Å²) >= 11 is 0. The first-order chi connectivity index (χ1) is 7.29. The minimum absolute atomic E-state index is 0.0904. The summed E-state index contributed by atoms with van der Waals surface area (Å²) in [4.78, 5) is 0. The predicted octanol–water partition coefficient (Wildman–Crippen LogP) is 2.93. The van der Waals surface area contributed by atoms with Crippen molar-refractivity contribution in [1.29, 1.82) is 0 Å². The minimum Gasteiger partial charge on any atom is -0.386 e. The molecule has 0 amide bonds. The Bertz CT molecular complexity index is 258. The summed E-state index contributed by atoms with van der Waals surface area (Å²) in [6.45, 7) is 4.82. The molecule has 1 rings (SSSR count). The maximum atomic E-state index is 10.1. The van der Waals surface area contributed by atoms with Crippen molar-refractivity contribution in [3.63, 3.8) is 0 Å². The number of aliphatic hydroxyl groups is 1. The molecular formula is C13H20O2. The molecule has 0 aliphatic heterocycles. The van der Waals surface area contributed by atoms with E-state index in [9.17, 15) is 5.11 Å². The highest BCUT2D eigenvalue weighted by molar-refractivity contribution is 5.18. The molecule has 0 aromatic heterocycles. The van der Waals surface area contributed by atoms with E-state index in [1.54, 1.807) is 0 Å². The molecule has 0 heterocycles. The Morgan fingerprint density at radius 2 is 1.87 bits per heavy atom. The maximum absolute atomic E-state index is 10.1. The van der Waals surface area contributed by atoms with Crippen molar-refractivity contribution >= 4 is 0 Å². The van der Waals surface area contributed by atoms with Gasteiger partial charge in [-0.15, -0.1) is 0 Å². The van der Waals surface area contributed by atoms with E-state index in [2.05, 4.69) is 6.92 Å². The number of rotatable bonds is 6. The molecule has 2 nitrogen and oxygen atoms in total. The lowest BCUT2D eigenvalue weighted by molar-refractivity contribution is -0.0402. The number of ether oxygens (including phenoxy) is 1. The molecule has 0 fully saturated rings. The second kappa shape index (κ2) is 6.59. The van der Waals surface area contributed by atoms with Crippen LogP contribution in [0.2, 0.25) is 0 Å². The average molecular weight is 208 g/mol. The fraction of sp³-hybridized carbons (Fsp3) is 0.538. The normalized spacial score (nSPS) is 14.9. The van der Waals surface area contributed by atoms with Gasteiger partial charge in [0.2, 0.25) is 0 Å². The molecule has 0 saturated heterocycles. The number of hydrogen-bond acceptors (Lipinski definition) is 2. The predicted molar refractivity (Wildman–Crippen MR) is 61.7 cm³/mol. The van der Waals surface area contributed by atoms with Crippen molar-refractivity contribution in [2.24, 2.45) is 0 Å². The van der Waals surface area contributed by atoms with Crippen molar-refractivity contribution in [2.75, 3.05) is 6.61 Å². The van der Waals surface area contributed by atoms with E-state index in [-0.39, 0.29) is 6.10 Å². The van der Waals surface area contributed by atoms with Crippen LogP contribution < -0.4 is 0 Å². The van der Waals surface area contributed by atoms with Gasteiger partial charge in [0.25, 0.3) is 0 Å². The summed E-state index contributed by atoms with van der Waals surface area (Å²) in [7, 11) is 0. The zero-order valence-electron chi connectivity index (χ0n) is 9.52. The molecule has 1 aromatic carbocycles. The SMILES string of the molecule is CCCOC(CC)C(O)c1ccccc1. The standard InChI is InChI=1S/C13H20O2/c1-3-10-15-12(4-2)13(14)11-8-6-5-7-9-11/h5-9,12-14H,3-4,10H2,1-2H3. The average Bonchev–Trinajstić information content (AvgIpc) is 2.31. The van der Waals surface area contributed by atoms with Crippen molar-refractivity contribution in [3.8, 4) is 0 Å². The van der Waals surface area contributed by atoms with E-state index >= 15 is 0 Å². The van der Waals surface area contributed by atoms with E-state index in [1.807, 2.05) is 37.3 Å². The Hall–Kier alpha value is -0.860. The van der Waals surface area contributed by atoms with Crippen LogP contribution >= 0.6 is 0 Å². The van der Waals surface area contributed by atoms with E-state index < -0.39 is 6.10 Å². The third-order valence-corrected chi connectivity index (χ3v) is 2.43. The molecule has 2 atom stereocenters. The van der Waals surface area contributed by atoms with Gasteiger partial charge in [0.1, 0.15) is 6.10 Å². The molecule has 0 aliphatic rings. The molecule has 0 saturated carbocycles. The molecule has 1 N–H and O–H groups in total. The van der Waals surface area contributed by atoms with E-state index in [0.717, 1.165) is 18.4 Å². The van der Waals surface area contributed by atoms with Crippen LogP contribution in [-0.2, 0) is 4.74 Å². The van der Waals surface area contributed by atoms with Gasteiger partial charge in [-0.05, 0) is 18.4 Å². The molecule has 2 heteroatoms. The summed E-state index contributed by atoms with van der Waals surface area (Å²) < 4.78 is 5.61. The first-order valence-corrected chi connectivity index (χ1v) is 5.64. The van der Waals surface area contributed by atoms with Gasteiger partial charge in [0.15, 0.2) is 0 Å². The molecule has 84 valence electrons. The number of aliphatic hydroxyl groups excluding tert-OH is 1. The van der Waals surface area contributed by atoms with Crippen molar-refractivity contribution in [3.05, 3.63) is 35.9 Å². The zero-order chi connectivity index (χ0) is 11.1. The van der Waals surface area contributed by atoms with Gasteiger partial charge in [-0.3, -0.25) is 0 Å². The summed E-state index contributed by atoms with van der Waals surface area (Å²) in [6.07, 6.45) is 1.21. The Morgan fingerprint density at radius 1 is 1.20 bits per heavy atom. The third kappa shape index (κ3) is 3.65. The van der Waals surface area contributed by atoms with Crippen LogP contribution in [0.25, 0.3) is 0 Å². The van der Waals surface area contributed by atoms with Gasteiger partial charge in [-0.1, -0.05) is 44.2 Å². The van der Waals surface area contributed by atoms with Gasteiger partial charge in [-0.25, -0.2) is 0 Å². The smallest absolute Gasteiger partial charge is 0.105 e.